The van der Waals surface area contributed by atoms with Crippen LogP contribution in [0.15, 0.2) is 18.2 Å². The molecule has 0 aliphatic heterocycles. The molecule has 5 heteroatoms. The molecule has 0 atom stereocenters. The third-order valence-electron chi connectivity index (χ3n) is 3.19. The summed E-state index contributed by atoms with van der Waals surface area (Å²) in [6.45, 7) is 2.09. The summed E-state index contributed by atoms with van der Waals surface area (Å²) < 4.78 is 21.5. The Morgan fingerprint density at radius 3 is 2.11 bits per heavy atom. The van der Waals surface area contributed by atoms with Crippen molar-refractivity contribution in [3.05, 3.63) is 29.3 Å². The molecular weight excluding hydrogens is 248 g/mol. The van der Waals surface area contributed by atoms with Crippen LogP contribution in [-0.4, -0.2) is 37.2 Å². The molecule has 1 aromatic rings. The third-order valence-corrected chi connectivity index (χ3v) is 5.92. The summed E-state index contributed by atoms with van der Waals surface area (Å²) in [6, 6.07) is 6.83. The number of hydrogen-bond donors (Lipinski definition) is 0. The van der Waals surface area contributed by atoms with Crippen LogP contribution >= 0.6 is 0 Å². The lowest BCUT2D eigenvalue weighted by atomic mass is 10.1. The lowest BCUT2D eigenvalue weighted by molar-refractivity contribution is 0.123. The maximum atomic E-state index is 5.42. The predicted molar refractivity (Wildman–Crippen MR) is 73.0 cm³/mol. The summed E-state index contributed by atoms with van der Waals surface area (Å²) >= 11 is 0. The second-order valence-electron chi connectivity index (χ2n) is 4.09. The van der Waals surface area contributed by atoms with E-state index in [-0.39, 0.29) is 0 Å². The van der Waals surface area contributed by atoms with Gasteiger partial charge in [-0.1, -0.05) is 6.07 Å². The first-order valence-corrected chi connectivity index (χ1v) is 7.83. The summed E-state index contributed by atoms with van der Waals surface area (Å²) in [5.74, 6) is 0.870. The van der Waals surface area contributed by atoms with Crippen LogP contribution < -0.4 is 4.74 Å². The van der Waals surface area contributed by atoms with Gasteiger partial charge in [-0.05, 0) is 36.6 Å². The summed E-state index contributed by atoms with van der Waals surface area (Å²) in [7, 11) is 4.09. The van der Waals surface area contributed by atoms with Crippen LogP contribution in [0.5, 0.6) is 5.75 Å². The minimum Gasteiger partial charge on any atom is -0.497 e. The van der Waals surface area contributed by atoms with Gasteiger partial charge in [0.05, 0.1) is 7.11 Å². The Kier molecular flexibility index (Phi) is 5.81. The van der Waals surface area contributed by atoms with Gasteiger partial charge < -0.3 is 18.0 Å². The Morgan fingerprint density at radius 1 is 1.00 bits per heavy atom. The molecule has 4 nitrogen and oxygen atoms in total. The van der Waals surface area contributed by atoms with Crippen molar-refractivity contribution in [3.63, 3.8) is 0 Å². The van der Waals surface area contributed by atoms with E-state index in [1.165, 1.54) is 11.1 Å². The summed E-state index contributed by atoms with van der Waals surface area (Å²) in [5, 5.41) is 0. The Morgan fingerprint density at radius 2 is 1.61 bits per heavy atom. The minimum atomic E-state index is -2.49. The van der Waals surface area contributed by atoms with Crippen molar-refractivity contribution in [2.45, 2.75) is 19.4 Å². The maximum absolute atomic E-state index is 5.42. The van der Waals surface area contributed by atoms with Gasteiger partial charge in [0.25, 0.3) is 0 Å². The zero-order valence-corrected chi connectivity index (χ0v) is 12.8. The summed E-state index contributed by atoms with van der Waals surface area (Å²) in [4.78, 5) is 0. The topological polar surface area (TPSA) is 36.9 Å². The van der Waals surface area contributed by atoms with Crippen LogP contribution in [0.1, 0.15) is 11.1 Å². The molecule has 1 aromatic carbocycles. The molecule has 0 saturated heterocycles. The second kappa shape index (κ2) is 6.89. The SMILES string of the molecule is COc1ccc(C)c(CC[Si](OC)(OC)OC)c1. The van der Waals surface area contributed by atoms with Crippen LogP contribution in [0, 0.1) is 6.92 Å². The molecule has 0 amide bonds. The standard InChI is InChI=1S/C13H22O4Si/c1-11-6-7-13(14-2)10-12(11)8-9-18(15-3,16-4)17-5/h6-7,10H,8-9H2,1-5H3. The number of aryl methyl sites for hydroxylation is 2. The number of hydrogen-bond acceptors (Lipinski definition) is 4. The van der Waals surface area contributed by atoms with Gasteiger partial charge in [0.1, 0.15) is 5.75 Å². The quantitative estimate of drug-likeness (QED) is 0.713. The second-order valence-corrected chi connectivity index (χ2v) is 7.18. The fourth-order valence-corrected chi connectivity index (χ4v) is 3.58. The van der Waals surface area contributed by atoms with Crippen molar-refractivity contribution in [1.82, 2.24) is 0 Å². The van der Waals surface area contributed by atoms with Crippen LogP contribution in [0.3, 0.4) is 0 Å². The highest BCUT2D eigenvalue weighted by Gasteiger charge is 2.37. The normalized spacial score (nSPS) is 11.6. The van der Waals surface area contributed by atoms with Gasteiger partial charge in [-0.3, -0.25) is 0 Å². The monoisotopic (exact) mass is 270 g/mol. The minimum absolute atomic E-state index is 0.754. The van der Waals surface area contributed by atoms with Crippen LogP contribution in [0.4, 0.5) is 0 Å². The third kappa shape index (κ3) is 3.55. The van der Waals surface area contributed by atoms with E-state index in [2.05, 4.69) is 19.1 Å². The molecule has 18 heavy (non-hydrogen) atoms. The predicted octanol–water partition coefficient (Wildman–Crippen LogP) is 2.42. The van der Waals surface area contributed by atoms with E-state index in [0.717, 1.165) is 18.2 Å². The molecule has 0 spiro atoms. The fraction of sp³-hybridized carbons (Fsp3) is 0.538. The van der Waals surface area contributed by atoms with Gasteiger partial charge in [0.2, 0.25) is 0 Å². The number of rotatable bonds is 7. The van der Waals surface area contributed by atoms with Gasteiger partial charge >= 0.3 is 8.80 Å². The van der Waals surface area contributed by atoms with Gasteiger partial charge in [-0.2, -0.15) is 0 Å². The van der Waals surface area contributed by atoms with Crippen molar-refractivity contribution in [2.75, 3.05) is 28.4 Å². The van der Waals surface area contributed by atoms with E-state index >= 15 is 0 Å². The van der Waals surface area contributed by atoms with E-state index in [9.17, 15) is 0 Å². The van der Waals surface area contributed by atoms with Gasteiger partial charge in [-0.25, -0.2) is 0 Å². The zero-order chi connectivity index (χ0) is 13.6. The Balaban J connectivity index is 2.78. The highest BCUT2D eigenvalue weighted by Crippen LogP contribution is 2.22. The molecule has 0 heterocycles. The van der Waals surface area contributed by atoms with Crippen molar-refractivity contribution >= 4 is 8.80 Å². The van der Waals surface area contributed by atoms with Crippen LogP contribution in [-0.2, 0) is 19.7 Å². The van der Waals surface area contributed by atoms with E-state index < -0.39 is 8.80 Å². The van der Waals surface area contributed by atoms with E-state index in [4.69, 9.17) is 18.0 Å². The van der Waals surface area contributed by atoms with Crippen molar-refractivity contribution in [3.8, 4) is 5.75 Å². The molecule has 1 rings (SSSR count). The van der Waals surface area contributed by atoms with Crippen molar-refractivity contribution in [1.29, 1.82) is 0 Å². The average Bonchev–Trinajstić information content (AvgIpc) is 2.42. The smallest absolute Gasteiger partial charge is 0.497 e. The highest BCUT2D eigenvalue weighted by molar-refractivity contribution is 6.60. The van der Waals surface area contributed by atoms with Crippen molar-refractivity contribution < 1.29 is 18.0 Å². The first-order valence-electron chi connectivity index (χ1n) is 5.89. The first kappa shape index (κ1) is 15.2. The molecule has 0 aromatic heterocycles. The highest BCUT2D eigenvalue weighted by atomic mass is 28.4. The molecule has 0 aliphatic rings. The van der Waals surface area contributed by atoms with Crippen LogP contribution in [0.25, 0.3) is 0 Å². The largest absolute Gasteiger partial charge is 0.500 e. The van der Waals surface area contributed by atoms with Gasteiger partial charge in [0.15, 0.2) is 0 Å². The first-order chi connectivity index (χ1) is 8.60. The average molecular weight is 270 g/mol. The van der Waals surface area contributed by atoms with Gasteiger partial charge in [0, 0.05) is 27.4 Å². The van der Waals surface area contributed by atoms with Crippen molar-refractivity contribution in [2.24, 2.45) is 0 Å². The lowest BCUT2D eigenvalue weighted by Crippen LogP contribution is -2.43. The van der Waals surface area contributed by atoms with E-state index in [1.807, 2.05) is 6.07 Å². The van der Waals surface area contributed by atoms with E-state index in [0.29, 0.717) is 0 Å². The van der Waals surface area contributed by atoms with E-state index in [1.54, 1.807) is 28.4 Å². The maximum Gasteiger partial charge on any atom is 0.500 e. The molecule has 0 radical (unpaired) electrons. The Labute approximate surface area is 110 Å². The Hall–Kier alpha value is -0.883. The fourth-order valence-electron chi connectivity index (χ4n) is 1.89. The number of benzene rings is 1. The summed E-state index contributed by atoms with van der Waals surface area (Å²) in [5.41, 5.74) is 2.47. The molecule has 0 saturated carbocycles. The summed E-state index contributed by atoms with van der Waals surface area (Å²) in [6.07, 6.45) is 0.852. The molecule has 102 valence electrons. The number of methoxy groups -OCH3 is 1. The molecule has 0 aliphatic carbocycles. The molecule has 0 N–H and O–H groups in total. The molecule has 0 unspecified atom stereocenters. The lowest BCUT2D eigenvalue weighted by Gasteiger charge is -2.24. The molecule has 0 fully saturated rings. The molecular formula is C13H22O4Si. The Bertz CT molecular complexity index is 369. The zero-order valence-electron chi connectivity index (χ0n) is 11.8. The van der Waals surface area contributed by atoms with Crippen LogP contribution in [0.2, 0.25) is 6.04 Å². The van der Waals surface area contributed by atoms with Gasteiger partial charge in [-0.15, -0.1) is 0 Å². The number of ether oxygens (including phenoxy) is 1. The molecule has 0 bridgehead atoms.